The van der Waals surface area contributed by atoms with E-state index < -0.39 is 5.97 Å². The van der Waals surface area contributed by atoms with Gasteiger partial charge in [0.25, 0.3) is 0 Å². The molecule has 0 bridgehead atoms. The zero-order valence-corrected chi connectivity index (χ0v) is 19.3. The van der Waals surface area contributed by atoms with E-state index >= 15 is 0 Å². The van der Waals surface area contributed by atoms with Crippen LogP contribution in [0.1, 0.15) is 46.9 Å². The van der Waals surface area contributed by atoms with Crippen molar-refractivity contribution in [2.45, 2.75) is 38.8 Å². The molecule has 34 heavy (non-hydrogen) atoms. The number of amides is 1. The first-order chi connectivity index (χ1) is 16.3. The topological polar surface area (TPSA) is 78.9 Å². The van der Waals surface area contributed by atoms with E-state index in [2.05, 4.69) is 43.4 Å². The zero-order chi connectivity index (χ0) is 23.9. The molecule has 0 aromatic heterocycles. The number of benzene rings is 3. The second kappa shape index (κ2) is 8.52. The highest BCUT2D eigenvalue weighted by Crippen LogP contribution is 2.45. The van der Waals surface area contributed by atoms with Crippen molar-refractivity contribution >= 4 is 23.4 Å². The van der Waals surface area contributed by atoms with Crippen LogP contribution < -0.4 is 10.2 Å². The van der Waals surface area contributed by atoms with E-state index in [0.717, 1.165) is 35.3 Å². The summed E-state index contributed by atoms with van der Waals surface area (Å²) >= 11 is 0. The largest absolute Gasteiger partial charge is 0.478 e. The van der Waals surface area contributed by atoms with Crippen molar-refractivity contribution < 1.29 is 19.4 Å². The number of aromatic carboxylic acids is 1. The Bertz CT molecular complexity index is 1240. The third-order valence-electron chi connectivity index (χ3n) is 6.84. The molecule has 1 amide bonds. The highest BCUT2D eigenvalue weighted by Gasteiger charge is 2.38. The average molecular weight is 457 g/mol. The van der Waals surface area contributed by atoms with Crippen LogP contribution in [0.2, 0.25) is 0 Å². The molecule has 2 atom stereocenters. The van der Waals surface area contributed by atoms with E-state index in [0.29, 0.717) is 12.2 Å². The molecule has 1 saturated heterocycles. The predicted octanol–water partition coefficient (Wildman–Crippen LogP) is 5.69. The number of anilines is 2. The number of carbonyl (C=O) groups excluding carboxylic acids is 1. The Labute approximate surface area is 199 Å². The van der Waals surface area contributed by atoms with Crippen LogP contribution in [0.25, 0.3) is 0 Å². The minimum Gasteiger partial charge on any atom is -0.478 e. The number of carbonyl (C=O) groups is 2. The van der Waals surface area contributed by atoms with Crippen molar-refractivity contribution in [2.24, 2.45) is 5.41 Å². The number of nitrogens with zero attached hydrogens (tertiary/aromatic N) is 1. The van der Waals surface area contributed by atoms with Crippen molar-refractivity contribution in [3.05, 3.63) is 95.1 Å². The molecule has 0 spiro atoms. The Morgan fingerprint density at radius 3 is 2.65 bits per heavy atom. The van der Waals surface area contributed by atoms with Gasteiger partial charge in [-0.25, -0.2) is 9.59 Å². The number of fused-ring (bicyclic) bond motifs is 1. The molecule has 2 aliphatic heterocycles. The molecule has 2 heterocycles. The molecule has 2 aliphatic rings. The number of carboxylic acids is 1. The van der Waals surface area contributed by atoms with Gasteiger partial charge in [0.15, 0.2) is 0 Å². The summed E-state index contributed by atoms with van der Waals surface area (Å²) in [5.41, 5.74) is 5.15. The molecule has 3 aromatic carbocycles. The van der Waals surface area contributed by atoms with Crippen LogP contribution in [-0.4, -0.2) is 29.8 Å². The lowest BCUT2D eigenvalue weighted by Crippen LogP contribution is -2.36. The van der Waals surface area contributed by atoms with Gasteiger partial charge < -0.3 is 15.2 Å². The second-order valence-electron chi connectivity index (χ2n) is 9.81. The molecule has 0 radical (unpaired) electrons. The average Bonchev–Trinajstić information content (AvgIpc) is 3.18. The number of carboxylic acid groups (broad SMARTS) is 1. The first-order valence-electron chi connectivity index (χ1n) is 11.5. The molecule has 0 saturated carbocycles. The van der Waals surface area contributed by atoms with Gasteiger partial charge in [0, 0.05) is 11.4 Å². The summed E-state index contributed by atoms with van der Waals surface area (Å²) in [6.45, 7) is 4.72. The van der Waals surface area contributed by atoms with Crippen LogP contribution in [0.3, 0.4) is 0 Å². The maximum Gasteiger partial charge on any atom is 0.414 e. The number of hydrogen-bond donors (Lipinski definition) is 2. The van der Waals surface area contributed by atoms with Gasteiger partial charge in [-0.05, 0) is 65.3 Å². The number of cyclic esters (lactones) is 1. The first-order valence-corrected chi connectivity index (χ1v) is 11.5. The maximum absolute atomic E-state index is 12.7. The maximum atomic E-state index is 12.7. The minimum absolute atomic E-state index is 0.00169. The van der Waals surface area contributed by atoms with Crippen LogP contribution in [0.5, 0.6) is 0 Å². The van der Waals surface area contributed by atoms with Crippen molar-refractivity contribution in [3.8, 4) is 0 Å². The van der Waals surface area contributed by atoms with Gasteiger partial charge in [-0.3, -0.25) is 4.90 Å². The summed E-state index contributed by atoms with van der Waals surface area (Å²) < 4.78 is 5.43. The summed E-state index contributed by atoms with van der Waals surface area (Å²) in [6.07, 6.45) is 1.15. The molecule has 1 unspecified atom stereocenters. The Hall–Kier alpha value is -3.80. The Balaban J connectivity index is 1.44. The van der Waals surface area contributed by atoms with Crippen molar-refractivity contribution in [1.29, 1.82) is 0 Å². The standard InChI is InChI=1S/C28H28N2O4/c1-28(2)16-21-14-20(26(31)32)11-12-24(21)29-25(28)19-9-6-10-22(15-19)30-23(17-34-27(30)33)13-18-7-4-3-5-8-18/h3-12,14-15,23,25,29H,13,16-17H2,1-2H3,(H,31,32)/t23-,25?/m1/s1. The lowest BCUT2D eigenvalue weighted by atomic mass is 9.72. The summed E-state index contributed by atoms with van der Waals surface area (Å²) in [5.74, 6) is -0.919. The third kappa shape index (κ3) is 4.12. The number of ether oxygens (including phenoxy) is 1. The Morgan fingerprint density at radius 1 is 1.09 bits per heavy atom. The van der Waals surface area contributed by atoms with Gasteiger partial charge in [0.2, 0.25) is 0 Å². The van der Waals surface area contributed by atoms with Gasteiger partial charge in [0.05, 0.1) is 17.6 Å². The lowest BCUT2D eigenvalue weighted by molar-refractivity contribution is 0.0696. The number of hydrogen-bond acceptors (Lipinski definition) is 4. The molecule has 6 nitrogen and oxygen atoms in total. The number of nitrogens with one attached hydrogen (secondary N) is 1. The monoisotopic (exact) mass is 456 g/mol. The van der Waals surface area contributed by atoms with Crippen LogP contribution >= 0.6 is 0 Å². The predicted molar refractivity (Wildman–Crippen MR) is 131 cm³/mol. The Kier molecular flexibility index (Phi) is 5.52. The highest BCUT2D eigenvalue weighted by molar-refractivity contribution is 5.90. The van der Waals surface area contributed by atoms with E-state index in [1.165, 1.54) is 5.56 Å². The van der Waals surface area contributed by atoms with Crippen molar-refractivity contribution in [2.75, 3.05) is 16.8 Å². The van der Waals surface area contributed by atoms with Gasteiger partial charge >= 0.3 is 12.1 Å². The van der Waals surface area contributed by atoms with Crippen molar-refractivity contribution in [1.82, 2.24) is 0 Å². The molecule has 3 aromatic rings. The lowest BCUT2D eigenvalue weighted by Gasteiger charge is -2.41. The molecule has 1 fully saturated rings. The zero-order valence-electron chi connectivity index (χ0n) is 19.3. The van der Waals surface area contributed by atoms with E-state index in [9.17, 15) is 14.7 Å². The fourth-order valence-electron chi connectivity index (χ4n) is 5.16. The first kappa shape index (κ1) is 22.0. The molecule has 6 heteroatoms. The normalized spacial score (nSPS) is 20.9. The van der Waals surface area contributed by atoms with Gasteiger partial charge in [-0.1, -0.05) is 56.3 Å². The fourth-order valence-corrected chi connectivity index (χ4v) is 5.16. The SMILES string of the molecule is CC1(C)Cc2cc(C(=O)O)ccc2NC1c1cccc(N2C(=O)OC[C@H]2Cc2ccccc2)c1. The summed E-state index contributed by atoms with van der Waals surface area (Å²) in [6, 6.07) is 23.4. The van der Waals surface area contributed by atoms with Crippen LogP contribution in [0, 0.1) is 5.41 Å². The van der Waals surface area contributed by atoms with E-state index in [-0.39, 0.29) is 23.6 Å². The highest BCUT2D eigenvalue weighted by atomic mass is 16.6. The molecule has 0 aliphatic carbocycles. The van der Waals surface area contributed by atoms with E-state index in [1.54, 1.807) is 17.0 Å². The Morgan fingerprint density at radius 2 is 1.88 bits per heavy atom. The summed E-state index contributed by atoms with van der Waals surface area (Å²) in [4.78, 5) is 25.8. The smallest absolute Gasteiger partial charge is 0.414 e. The molecular formula is C28H28N2O4. The van der Waals surface area contributed by atoms with Crippen LogP contribution in [-0.2, 0) is 17.6 Å². The third-order valence-corrected chi connectivity index (χ3v) is 6.84. The minimum atomic E-state index is -0.919. The molecule has 174 valence electrons. The molecule has 2 N–H and O–H groups in total. The van der Waals surface area contributed by atoms with E-state index in [4.69, 9.17) is 4.74 Å². The van der Waals surface area contributed by atoms with Gasteiger partial charge in [0.1, 0.15) is 6.61 Å². The number of rotatable bonds is 5. The second-order valence-corrected chi connectivity index (χ2v) is 9.81. The molecule has 5 rings (SSSR count). The van der Waals surface area contributed by atoms with Crippen molar-refractivity contribution in [3.63, 3.8) is 0 Å². The summed E-state index contributed by atoms with van der Waals surface area (Å²) in [7, 11) is 0. The fraction of sp³-hybridized carbons (Fsp3) is 0.286. The molecular weight excluding hydrogens is 428 g/mol. The quantitative estimate of drug-likeness (QED) is 0.516. The summed E-state index contributed by atoms with van der Waals surface area (Å²) in [5, 5.41) is 13.0. The van der Waals surface area contributed by atoms with Crippen LogP contribution in [0.4, 0.5) is 16.2 Å². The van der Waals surface area contributed by atoms with E-state index in [1.807, 2.05) is 36.4 Å². The van der Waals surface area contributed by atoms with Crippen LogP contribution in [0.15, 0.2) is 72.8 Å². The van der Waals surface area contributed by atoms with Gasteiger partial charge in [-0.15, -0.1) is 0 Å². The van der Waals surface area contributed by atoms with Gasteiger partial charge in [-0.2, -0.15) is 0 Å².